The Bertz CT molecular complexity index is 390. The van der Waals surface area contributed by atoms with Crippen molar-refractivity contribution >= 4 is 0 Å². The Balaban J connectivity index is 1.66. The fourth-order valence-electron chi connectivity index (χ4n) is 2.12. The lowest BCUT2D eigenvalue weighted by atomic mass is 10.1. The summed E-state index contributed by atoms with van der Waals surface area (Å²) in [4.78, 5) is 2.12. The van der Waals surface area contributed by atoms with E-state index in [9.17, 15) is 5.11 Å². The molecule has 0 amide bonds. The minimum absolute atomic E-state index is 0.423. The predicted octanol–water partition coefficient (Wildman–Crippen LogP) is 2.39. The van der Waals surface area contributed by atoms with Crippen LogP contribution < -0.4 is 0 Å². The molecule has 0 aliphatic heterocycles. The Labute approximate surface area is 116 Å². The molecule has 0 aromatic heterocycles. The van der Waals surface area contributed by atoms with Crippen LogP contribution in [0.2, 0.25) is 0 Å². The highest BCUT2D eigenvalue weighted by Crippen LogP contribution is 2.28. The van der Waals surface area contributed by atoms with Crippen molar-refractivity contribution < 1.29 is 9.84 Å². The van der Waals surface area contributed by atoms with Gasteiger partial charge in [0.1, 0.15) is 0 Å². The summed E-state index contributed by atoms with van der Waals surface area (Å²) < 4.78 is 5.61. The Morgan fingerprint density at radius 3 is 2.89 bits per heavy atom. The fraction of sp³-hybridized carbons (Fsp3) is 0.625. The summed E-state index contributed by atoms with van der Waals surface area (Å²) >= 11 is 0. The third kappa shape index (κ3) is 5.31. The number of hydrogen-bond donors (Lipinski definition) is 1. The van der Waals surface area contributed by atoms with Gasteiger partial charge in [-0.15, -0.1) is 0 Å². The second-order valence-electron chi connectivity index (χ2n) is 5.71. The van der Waals surface area contributed by atoms with Crippen molar-refractivity contribution in [1.82, 2.24) is 4.90 Å². The van der Waals surface area contributed by atoms with Crippen LogP contribution in [0.15, 0.2) is 24.3 Å². The smallest absolute Gasteiger partial charge is 0.0916 e. The van der Waals surface area contributed by atoms with Gasteiger partial charge in [-0.05, 0) is 38.3 Å². The molecule has 1 atom stereocenters. The predicted molar refractivity (Wildman–Crippen MR) is 77.2 cm³/mol. The zero-order valence-electron chi connectivity index (χ0n) is 12.0. The Hall–Kier alpha value is -0.900. The van der Waals surface area contributed by atoms with E-state index >= 15 is 0 Å². The molecule has 106 valence electrons. The van der Waals surface area contributed by atoms with E-state index in [0.717, 1.165) is 31.2 Å². The number of aliphatic hydroxyl groups excluding tert-OH is 1. The van der Waals surface area contributed by atoms with Crippen molar-refractivity contribution in [2.45, 2.75) is 25.9 Å². The summed E-state index contributed by atoms with van der Waals surface area (Å²) in [7, 11) is 2.03. The van der Waals surface area contributed by atoms with E-state index in [4.69, 9.17) is 4.74 Å². The third-order valence-corrected chi connectivity index (χ3v) is 3.58. The first kappa shape index (κ1) is 14.5. The van der Waals surface area contributed by atoms with E-state index in [2.05, 4.69) is 4.90 Å². The molecule has 1 aromatic rings. The van der Waals surface area contributed by atoms with Crippen LogP contribution in [0, 0.1) is 12.8 Å². The molecule has 1 saturated carbocycles. The SMILES string of the molecule is Cc1cccc(C(O)CN(C)CCOCC2CC2)c1. The van der Waals surface area contributed by atoms with Gasteiger partial charge in [0.15, 0.2) is 0 Å². The number of benzene rings is 1. The minimum atomic E-state index is -0.423. The number of aryl methyl sites for hydroxylation is 1. The van der Waals surface area contributed by atoms with Gasteiger partial charge in [-0.3, -0.25) is 0 Å². The summed E-state index contributed by atoms with van der Waals surface area (Å²) in [6, 6.07) is 8.06. The van der Waals surface area contributed by atoms with Crippen molar-refractivity contribution in [1.29, 1.82) is 0 Å². The molecule has 0 spiro atoms. The van der Waals surface area contributed by atoms with Gasteiger partial charge in [0.2, 0.25) is 0 Å². The molecule has 0 heterocycles. The van der Waals surface area contributed by atoms with Crippen molar-refractivity contribution in [2.75, 3.05) is 33.4 Å². The van der Waals surface area contributed by atoms with Gasteiger partial charge in [0.05, 0.1) is 12.7 Å². The first-order valence-corrected chi connectivity index (χ1v) is 7.16. The molecular weight excluding hydrogens is 238 g/mol. The monoisotopic (exact) mass is 263 g/mol. The van der Waals surface area contributed by atoms with Gasteiger partial charge >= 0.3 is 0 Å². The van der Waals surface area contributed by atoms with Crippen LogP contribution in [-0.2, 0) is 4.74 Å². The van der Waals surface area contributed by atoms with Crippen LogP contribution in [0.25, 0.3) is 0 Å². The van der Waals surface area contributed by atoms with Crippen LogP contribution in [0.3, 0.4) is 0 Å². The number of ether oxygens (including phenoxy) is 1. The normalized spacial score (nSPS) is 16.8. The van der Waals surface area contributed by atoms with E-state index in [1.54, 1.807) is 0 Å². The van der Waals surface area contributed by atoms with E-state index < -0.39 is 6.10 Å². The standard InChI is InChI=1S/C16H25NO2/c1-13-4-3-5-15(10-13)16(18)11-17(2)8-9-19-12-14-6-7-14/h3-5,10,14,16,18H,6-9,11-12H2,1-2H3. The van der Waals surface area contributed by atoms with Gasteiger partial charge in [0.25, 0.3) is 0 Å². The molecule has 1 unspecified atom stereocenters. The van der Waals surface area contributed by atoms with Gasteiger partial charge in [-0.2, -0.15) is 0 Å². The van der Waals surface area contributed by atoms with Crippen LogP contribution in [0.4, 0.5) is 0 Å². The molecule has 1 aliphatic rings. The Morgan fingerprint density at radius 2 is 2.21 bits per heavy atom. The zero-order valence-corrected chi connectivity index (χ0v) is 12.0. The van der Waals surface area contributed by atoms with E-state index in [0.29, 0.717) is 6.54 Å². The minimum Gasteiger partial charge on any atom is -0.387 e. The summed E-state index contributed by atoms with van der Waals surface area (Å²) in [6.45, 7) is 5.24. The van der Waals surface area contributed by atoms with Gasteiger partial charge in [-0.25, -0.2) is 0 Å². The number of nitrogens with zero attached hydrogens (tertiary/aromatic N) is 1. The average Bonchev–Trinajstić information content (AvgIpc) is 3.18. The second-order valence-corrected chi connectivity index (χ2v) is 5.71. The lowest BCUT2D eigenvalue weighted by Crippen LogP contribution is -2.28. The van der Waals surface area contributed by atoms with Crippen molar-refractivity contribution in [3.63, 3.8) is 0 Å². The number of rotatable bonds is 8. The summed E-state index contributed by atoms with van der Waals surface area (Å²) in [5, 5.41) is 10.2. The highest BCUT2D eigenvalue weighted by molar-refractivity contribution is 5.24. The van der Waals surface area contributed by atoms with Gasteiger partial charge in [-0.1, -0.05) is 29.8 Å². The van der Waals surface area contributed by atoms with E-state index in [1.165, 1.54) is 18.4 Å². The van der Waals surface area contributed by atoms with Gasteiger partial charge in [0, 0.05) is 19.7 Å². The van der Waals surface area contributed by atoms with Crippen molar-refractivity contribution in [3.8, 4) is 0 Å². The summed E-state index contributed by atoms with van der Waals surface area (Å²) in [5.41, 5.74) is 2.18. The molecule has 2 rings (SSSR count). The lowest BCUT2D eigenvalue weighted by Gasteiger charge is -2.21. The molecule has 0 radical (unpaired) electrons. The van der Waals surface area contributed by atoms with Gasteiger partial charge < -0.3 is 14.7 Å². The Kier molecular flexibility index (Phi) is 5.37. The highest BCUT2D eigenvalue weighted by Gasteiger charge is 2.21. The fourth-order valence-corrected chi connectivity index (χ4v) is 2.12. The molecule has 1 aromatic carbocycles. The summed E-state index contributed by atoms with van der Waals surface area (Å²) in [6.07, 6.45) is 2.25. The van der Waals surface area contributed by atoms with Crippen LogP contribution in [0.5, 0.6) is 0 Å². The van der Waals surface area contributed by atoms with E-state index in [1.807, 2.05) is 38.2 Å². The highest BCUT2D eigenvalue weighted by atomic mass is 16.5. The first-order chi connectivity index (χ1) is 9.15. The Morgan fingerprint density at radius 1 is 1.42 bits per heavy atom. The number of likely N-dealkylation sites (N-methyl/N-ethyl adjacent to an activating group) is 1. The van der Waals surface area contributed by atoms with Crippen molar-refractivity contribution in [3.05, 3.63) is 35.4 Å². The molecule has 0 saturated heterocycles. The quantitative estimate of drug-likeness (QED) is 0.731. The molecule has 3 heteroatoms. The lowest BCUT2D eigenvalue weighted by molar-refractivity contribution is 0.0794. The van der Waals surface area contributed by atoms with Crippen LogP contribution >= 0.6 is 0 Å². The number of aliphatic hydroxyl groups is 1. The second kappa shape index (κ2) is 7.04. The molecule has 3 nitrogen and oxygen atoms in total. The van der Waals surface area contributed by atoms with Crippen LogP contribution in [0.1, 0.15) is 30.1 Å². The maximum Gasteiger partial charge on any atom is 0.0916 e. The zero-order chi connectivity index (χ0) is 13.7. The van der Waals surface area contributed by atoms with Crippen molar-refractivity contribution in [2.24, 2.45) is 5.92 Å². The average molecular weight is 263 g/mol. The topological polar surface area (TPSA) is 32.7 Å². The molecule has 19 heavy (non-hydrogen) atoms. The first-order valence-electron chi connectivity index (χ1n) is 7.16. The molecule has 1 fully saturated rings. The molecular formula is C16H25NO2. The summed E-state index contributed by atoms with van der Waals surface area (Å²) in [5.74, 6) is 0.822. The third-order valence-electron chi connectivity index (χ3n) is 3.58. The maximum absolute atomic E-state index is 10.2. The molecule has 0 bridgehead atoms. The van der Waals surface area contributed by atoms with Crippen LogP contribution in [-0.4, -0.2) is 43.4 Å². The number of hydrogen-bond acceptors (Lipinski definition) is 3. The maximum atomic E-state index is 10.2. The molecule has 1 aliphatic carbocycles. The largest absolute Gasteiger partial charge is 0.387 e. The van der Waals surface area contributed by atoms with E-state index in [-0.39, 0.29) is 0 Å². The molecule has 1 N–H and O–H groups in total.